The fourth-order valence-corrected chi connectivity index (χ4v) is 3.25. The van der Waals surface area contributed by atoms with E-state index in [1.54, 1.807) is 18.2 Å². The molecule has 0 unspecified atom stereocenters. The number of carboxylic acids is 1. The third-order valence-electron chi connectivity index (χ3n) is 4.62. The molecule has 3 N–H and O–H groups in total. The van der Waals surface area contributed by atoms with Crippen LogP contribution in [0.1, 0.15) is 23.2 Å². The van der Waals surface area contributed by atoms with Gasteiger partial charge in [-0.3, -0.25) is 9.69 Å². The number of nitrogens with one attached hydrogen (secondary N) is 1. The summed E-state index contributed by atoms with van der Waals surface area (Å²) in [7, 11) is 0. The summed E-state index contributed by atoms with van der Waals surface area (Å²) in [5, 5.41) is 22.1. The third kappa shape index (κ3) is 3.27. The summed E-state index contributed by atoms with van der Waals surface area (Å²) in [6.07, 6.45) is -0.0495. The molecular weight excluding hydrogens is 350 g/mol. The second kappa shape index (κ2) is 6.53. The lowest BCUT2D eigenvalue weighted by molar-refractivity contribution is -0.162. The minimum absolute atomic E-state index is 0.0248. The van der Waals surface area contributed by atoms with Gasteiger partial charge in [0, 0.05) is 44.6 Å². The summed E-state index contributed by atoms with van der Waals surface area (Å²) in [5.41, 5.74) is -0.961. The van der Waals surface area contributed by atoms with Crippen LogP contribution in [0.15, 0.2) is 18.2 Å². The van der Waals surface area contributed by atoms with Crippen LogP contribution in [0.3, 0.4) is 0 Å². The van der Waals surface area contributed by atoms with Crippen LogP contribution in [0.5, 0.6) is 0 Å². The Labute approximate surface area is 149 Å². The number of anilines is 1. The van der Waals surface area contributed by atoms with E-state index in [-0.39, 0.29) is 37.9 Å². The monoisotopic (exact) mass is 367 g/mol. The zero-order valence-electron chi connectivity index (χ0n) is 13.4. The molecule has 0 bridgehead atoms. The number of urea groups is 1. The average Bonchev–Trinajstić information content (AvgIpc) is 3.01. The SMILES string of the molecule is O=C(c1ccc(Cl)c(N2CCNC2=O)c1)N1CCC(O)(C(=O)O)CC1. The van der Waals surface area contributed by atoms with Crippen molar-refractivity contribution in [1.29, 1.82) is 0 Å². The van der Waals surface area contributed by atoms with Crippen LogP contribution >= 0.6 is 11.6 Å². The van der Waals surface area contributed by atoms with Gasteiger partial charge in [-0.25, -0.2) is 9.59 Å². The van der Waals surface area contributed by atoms with E-state index in [2.05, 4.69) is 5.32 Å². The molecule has 0 spiro atoms. The molecule has 1 aromatic rings. The predicted molar refractivity (Wildman–Crippen MR) is 89.9 cm³/mol. The molecule has 1 aromatic carbocycles. The number of aliphatic carboxylic acids is 1. The maximum atomic E-state index is 12.7. The second-order valence-corrected chi connectivity index (χ2v) is 6.59. The maximum absolute atomic E-state index is 12.7. The predicted octanol–water partition coefficient (Wildman–Crippen LogP) is 0.921. The van der Waals surface area contributed by atoms with Gasteiger partial charge in [-0.15, -0.1) is 0 Å². The average molecular weight is 368 g/mol. The van der Waals surface area contributed by atoms with Crippen LogP contribution < -0.4 is 10.2 Å². The first-order valence-electron chi connectivity index (χ1n) is 7.92. The van der Waals surface area contributed by atoms with E-state index in [0.29, 0.717) is 29.4 Å². The van der Waals surface area contributed by atoms with Crippen LogP contribution in [0.4, 0.5) is 10.5 Å². The zero-order chi connectivity index (χ0) is 18.2. The molecule has 9 heteroatoms. The lowest BCUT2D eigenvalue weighted by Gasteiger charge is -2.35. The number of aliphatic hydroxyl groups is 1. The molecule has 2 aliphatic rings. The number of amides is 3. The molecule has 2 fully saturated rings. The van der Waals surface area contributed by atoms with Gasteiger partial charge in [-0.1, -0.05) is 11.6 Å². The summed E-state index contributed by atoms with van der Waals surface area (Å²) < 4.78 is 0. The number of carbonyl (C=O) groups is 3. The fraction of sp³-hybridized carbons (Fsp3) is 0.438. The van der Waals surface area contributed by atoms with E-state index in [4.69, 9.17) is 16.7 Å². The van der Waals surface area contributed by atoms with Crippen molar-refractivity contribution in [2.45, 2.75) is 18.4 Å². The van der Waals surface area contributed by atoms with Crippen molar-refractivity contribution in [1.82, 2.24) is 10.2 Å². The highest BCUT2D eigenvalue weighted by atomic mass is 35.5. The van der Waals surface area contributed by atoms with E-state index >= 15 is 0 Å². The highest BCUT2D eigenvalue weighted by molar-refractivity contribution is 6.34. The minimum Gasteiger partial charge on any atom is -0.479 e. The van der Waals surface area contributed by atoms with Gasteiger partial charge >= 0.3 is 12.0 Å². The summed E-state index contributed by atoms with van der Waals surface area (Å²) in [4.78, 5) is 38.5. The largest absolute Gasteiger partial charge is 0.479 e. The lowest BCUT2D eigenvalue weighted by Crippen LogP contribution is -2.50. The maximum Gasteiger partial charge on any atom is 0.335 e. The van der Waals surface area contributed by atoms with Gasteiger partial charge in [0.15, 0.2) is 5.60 Å². The molecule has 25 heavy (non-hydrogen) atoms. The number of hydrogen-bond donors (Lipinski definition) is 3. The van der Waals surface area contributed by atoms with Crippen molar-refractivity contribution < 1.29 is 24.6 Å². The Hall–Kier alpha value is -2.32. The molecule has 2 aliphatic heterocycles. The molecule has 0 radical (unpaired) electrons. The molecule has 8 nitrogen and oxygen atoms in total. The molecule has 0 aromatic heterocycles. The smallest absolute Gasteiger partial charge is 0.335 e. The van der Waals surface area contributed by atoms with Crippen LogP contribution in [-0.4, -0.2) is 64.8 Å². The number of halogens is 1. The second-order valence-electron chi connectivity index (χ2n) is 6.18. The van der Waals surface area contributed by atoms with E-state index in [1.165, 1.54) is 9.80 Å². The number of carbonyl (C=O) groups excluding carboxylic acids is 2. The first kappa shape index (κ1) is 17.5. The van der Waals surface area contributed by atoms with Gasteiger partial charge in [0.1, 0.15) is 0 Å². The van der Waals surface area contributed by atoms with Gasteiger partial charge in [0.05, 0.1) is 10.7 Å². The Morgan fingerprint density at radius 2 is 1.88 bits per heavy atom. The standard InChI is InChI=1S/C16H18ClN3O5/c17-11-2-1-10(9-12(11)20-8-5-18-15(20)24)13(21)19-6-3-16(25,4-7-19)14(22)23/h1-2,9,25H,3-8H2,(H,18,24)(H,22,23). The van der Waals surface area contributed by atoms with Crippen LogP contribution in [-0.2, 0) is 4.79 Å². The normalized spacial score (nSPS) is 19.7. The van der Waals surface area contributed by atoms with Gasteiger partial charge in [0.25, 0.3) is 5.91 Å². The molecular formula is C16H18ClN3O5. The number of nitrogens with zero attached hydrogens (tertiary/aromatic N) is 2. The Morgan fingerprint density at radius 3 is 2.44 bits per heavy atom. The summed E-state index contributed by atoms with van der Waals surface area (Å²) in [6, 6.07) is 4.43. The van der Waals surface area contributed by atoms with Crippen molar-refractivity contribution in [3.05, 3.63) is 28.8 Å². The van der Waals surface area contributed by atoms with Crippen molar-refractivity contribution in [3.8, 4) is 0 Å². The molecule has 134 valence electrons. The van der Waals surface area contributed by atoms with Crippen LogP contribution in [0.25, 0.3) is 0 Å². The summed E-state index contributed by atoms with van der Waals surface area (Å²) in [6.45, 7) is 1.26. The number of rotatable bonds is 3. The first-order valence-corrected chi connectivity index (χ1v) is 8.29. The van der Waals surface area contributed by atoms with Crippen molar-refractivity contribution in [2.24, 2.45) is 0 Å². The number of hydrogen-bond acceptors (Lipinski definition) is 4. The van der Waals surface area contributed by atoms with E-state index < -0.39 is 11.6 Å². The molecule has 0 atom stereocenters. The minimum atomic E-state index is -1.78. The Balaban J connectivity index is 1.77. The summed E-state index contributed by atoms with van der Waals surface area (Å²) >= 11 is 6.16. The summed E-state index contributed by atoms with van der Waals surface area (Å²) in [5.74, 6) is -1.56. The molecule has 0 aliphatic carbocycles. The Morgan fingerprint density at radius 1 is 1.20 bits per heavy atom. The van der Waals surface area contributed by atoms with Gasteiger partial charge in [-0.2, -0.15) is 0 Å². The fourth-order valence-electron chi connectivity index (χ4n) is 3.03. The van der Waals surface area contributed by atoms with Crippen molar-refractivity contribution >= 4 is 35.2 Å². The van der Waals surface area contributed by atoms with Crippen LogP contribution in [0, 0.1) is 0 Å². The Kier molecular flexibility index (Phi) is 4.57. The molecule has 2 heterocycles. The molecule has 3 amide bonds. The zero-order valence-corrected chi connectivity index (χ0v) is 14.1. The van der Waals surface area contributed by atoms with Gasteiger partial charge < -0.3 is 20.4 Å². The molecule has 2 saturated heterocycles. The Bertz CT molecular complexity index is 730. The van der Waals surface area contributed by atoms with E-state index in [9.17, 15) is 19.5 Å². The number of benzene rings is 1. The number of likely N-dealkylation sites (tertiary alicyclic amines) is 1. The topological polar surface area (TPSA) is 110 Å². The highest BCUT2D eigenvalue weighted by Crippen LogP contribution is 2.30. The molecule has 3 rings (SSSR count). The van der Waals surface area contributed by atoms with Crippen molar-refractivity contribution in [2.75, 3.05) is 31.1 Å². The van der Waals surface area contributed by atoms with E-state index in [0.717, 1.165) is 0 Å². The first-order chi connectivity index (χ1) is 11.8. The van der Waals surface area contributed by atoms with Crippen LogP contribution in [0.2, 0.25) is 5.02 Å². The van der Waals surface area contributed by atoms with Crippen molar-refractivity contribution in [3.63, 3.8) is 0 Å². The molecule has 0 saturated carbocycles. The highest BCUT2D eigenvalue weighted by Gasteiger charge is 2.40. The number of piperidine rings is 1. The van der Waals surface area contributed by atoms with E-state index in [1.807, 2.05) is 0 Å². The quantitative estimate of drug-likeness (QED) is 0.735. The van der Waals surface area contributed by atoms with Gasteiger partial charge in [0.2, 0.25) is 0 Å². The lowest BCUT2D eigenvalue weighted by atomic mass is 9.91. The number of carboxylic acid groups (broad SMARTS) is 1. The third-order valence-corrected chi connectivity index (χ3v) is 4.94. The van der Waals surface area contributed by atoms with Gasteiger partial charge in [-0.05, 0) is 18.2 Å².